The van der Waals surface area contributed by atoms with Crippen molar-refractivity contribution in [2.45, 2.75) is 6.42 Å². The smallest absolute Gasteiger partial charge is 0.259 e. The zero-order valence-corrected chi connectivity index (χ0v) is 5.23. The fraction of sp³-hybridized carbons (Fsp3) is 0.500. The van der Waals surface area contributed by atoms with E-state index in [9.17, 15) is 0 Å². The molecule has 0 aliphatic rings. The van der Waals surface area contributed by atoms with Crippen LogP contribution in [0.2, 0.25) is 0 Å². The van der Waals surface area contributed by atoms with Crippen LogP contribution < -0.4 is 5.73 Å². The van der Waals surface area contributed by atoms with Gasteiger partial charge in [0.15, 0.2) is 5.82 Å². The van der Waals surface area contributed by atoms with Crippen molar-refractivity contribution in [3.05, 3.63) is 5.82 Å². The first-order chi connectivity index (χ1) is 4.83. The molecule has 6 heteroatoms. The fourth-order valence-corrected chi connectivity index (χ4v) is 0.458. The molecule has 0 spiro atoms. The van der Waals surface area contributed by atoms with Crippen molar-refractivity contribution in [3.8, 4) is 0 Å². The Kier molecular flexibility index (Phi) is 2.06. The first kappa shape index (κ1) is 6.81. The van der Waals surface area contributed by atoms with Gasteiger partial charge in [-0.3, -0.25) is 0 Å². The highest BCUT2D eigenvalue weighted by Crippen LogP contribution is 1.86. The Morgan fingerprint density at radius 3 is 2.30 bits per heavy atom. The van der Waals surface area contributed by atoms with Crippen LogP contribution in [0.15, 0.2) is 0 Å². The lowest BCUT2D eigenvalue weighted by molar-refractivity contribution is 0.295. The molecule has 0 aromatic carbocycles. The van der Waals surface area contributed by atoms with E-state index in [-0.39, 0.29) is 12.6 Å². The molecule has 0 bridgehead atoms. The summed E-state index contributed by atoms with van der Waals surface area (Å²) in [5.74, 6) is 0.443. The maximum Gasteiger partial charge on any atom is 0.259 e. The van der Waals surface area contributed by atoms with E-state index in [4.69, 9.17) is 10.8 Å². The van der Waals surface area contributed by atoms with Gasteiger partial charge < -0.3 is 10.8 Å². The number of nitrogens with two attached hydrogens (primary N) is 1. The molecule has 0 unspecified atom stereocenters. The predicted molar refractivity (Wildman–Crippen MR) is 32.8 cm³/mol. The average Bonchev–Trinajstić information content (AvgIpc) is 1.95. The summed E-state index contributed by atoms with van der Waals surface area (Å²) in [6.45, 7) is -0.00667. The van der Waals surface area contributed by atoms with E-state index in [2.05, 4.69) is 20.4 Å². The average molecular weight is 141 g/mol. The third-order valence-corrected chi connectivity index (χ3v) is 0.871. The topological polar surface area (TPSA) is 97.8 Å². The molecule has 6 nitrogen and oxygen atoms in total. The minimum Gasteiger partial charge on any atom is -0.396 e. The van der Waals surface area contributed by atoms with Crippen molar-refractivity contribution >= 4 is 5.95 Å². The van der Waals surface area contributed by atoms with Crippen LogP contribution in [0.1, 0.15) is 5.82 Å². The summed E-state index contributed by atoms with van der Waals surface area (Å²) in [7, 11) is 0. The number of hydrogen-bond donors (Lipinski definition) is 2. The normalized spacial score (nSPS) is 9.70. The number of aromatic nitrogens is 4. The van der Waals surface area contributed by atoms with Crippen molar-refractivity contribution in [2.75, 3.05) is 12.3 Å². The molecular formula is C4H7N5O. The van der Waals surface area contributed by atoms with E-state index in [0.29, 0.717) is 12.2 Å². The molecule has 0 aliphatic heterocycles. The number of anilines is 1. The van der Waals surface area contributed by atoms with Gasteiger partial charge in [-0.05, 0) is 0 Å². The monoisotopic (exact) mass is 141 g/mol. The summed E-state index contributed by atoms with van der Waals surface area (Å²) in [6.07, 6.45) is 0.361. The third kappa shape index (κ3) is 1.59. The Morgan fingerprint density at radius 2 is 1.80 bits per heavy atom. The van der Waals surface area contributed by atoms with E-state index >= 15 is 0 Å². The van der Waals surface area contributed by atoms with Crippen LogP contribution in [-0.4, -0.2) is 32.1 Å². The zero-order chi connectivity index (χ0) is 7.40. The first-order valence-electron chi connectivity index (χ1n) is 2.75. The standard InChI is InChI=1S/C4H7N5O/c5-4-8-6-3(1-2-10)7-9-4/h10H,1-2H2,(H2,5,8,9). The van der Waals surface area contributed by atoms with Crippen molar-refractivity contribution in [1.29, 1.82) is 0 Å². The van der Waals surface area contributed by atoms with Crippen LogP contribution >= 0.6 is 0 Å². The van der Waals surface area contributed by atoms with Gasteiger partial charge in [-0.1, -0.05) is 0 Å². The number of nitrogen functional groups attached to an aromatic ring is 1. The Morgan fingerprint density at radius 1 is 1.20 bits per heavy atom. The van der Waals surface area contributed by atoms with Crippen LogP contribution in [0.4, 0.5) is 5.95 Å². The summed E-state index contributed by atoms with van der Waals surface area (Å²) < 4.78 is 0. The van der Waals surface area contributed by atoms with Crippen LogP contribution in [0.3, 0.4) is 0 Å². The van der Waals surface area contributed by atoms with E-state index in [1.807, 2.05) is 0 Å². The molecule has 3 N–H and O–H groups in total. The van der Waals surface area contributed by atoms with Gasteiger partial charge in [0.25, 0.3) is 5.95 Å². The Balaban J connectivity index is 2.69. The minimum atomic E-state index is -0.00667. The summed E-state index contributed by atoms with van der Waals surface area (Å²) in [6, 6.07) is 0. The molecule has 0 saturated carbocycles. The van der Waals surface area contributed by atoms with Crippen molar-refractivity contribution in [3.63, 3.8) is 0 Å². The summed E-state index contributed by atoms with van der Waals surface area (Å²) in [5, 5.41) is 22.4. The van der Waals surface area contributed by atoms with Gasteiger partial charge in [0, 0.05) is 6.42 Å². The number of aliphatic hydroxyl groups excluding tert-OH is 1. The second kappa shape index (κ2) is 3.02. The van der Waals surface area contributed by atoms with Crippen LogP contribution in [0.5, 0.6) is 0 Å². The zero-order valence-electron chi connectivity index (χ0n) is 5.23. The highest BCUT2D eigenvalue weighted by molar-refractivity contribution is 5.06. The molecule has 0 amide bonds. The third-order valence-electron chi connectivity index (χ3n) is 0.871. The molecule has 10 heavy (non-hydrogen) atoms. The van der Waals surface area contributed by atoms with Crippen LogP contribution in [-0.2, 0) is 6.42 Å². The number of hydrogen-bond acceptors (Lipinski definition) is 6. The second-order valence-corrected chi connectivity index (χ2v) is 1.65. The van der Waals surface area contributed by atoms with Crippen molar-refractivity contribution in [2.24, 2.45) is 0 Å². The van der Waals surface area contributed by atoms with E-state index in [1.54, 1.807) is 0 Å². The largest absolute Gasteiger partial charge is 0.396 e. The molecule has 0 aliphatic carbocycles. The molecule has 0 fully saturated rings. The minimum absolute atomic E-state index is 0.00667. The van der Waals surface area contributed by atoms with Gasteiger partial charge in [-0.2, -0.15) is 0 Å². The lowest BCUT2D eigenvalue weighted by Gasteiger charge is -1.91. The molecule has 54 valence electrons. The van der Waals surface area contributed by atoms with Crippen LogP contribution in [0.25, 0.3) is 0 Å². The van der Waals surface area contributed by atoms with Gasteiger partial charge >= 0.3 is 0 Å². The van der Waals surface area contributed by atoms with Crippen LogP contribution in [0, 0.1) is 0 Å². The van der Waals surface area contributed by atoms with Crippen molar-refractivity contribution in [1.82, 2.24) is 20.4 Å². The highest BCUT2D eigenvalue weighted by atomic mass is 16.3. The first-order valence-corrected chi connectivity index (χ1v) is 2.75. The molecule has 1 aromatic heterocycles. The lowest BCUT2D eigenvalue weighted by Crippen LogP contribution is -2.06. The fourth-order valence-electron chi connectivity index (χ4n) is 0.458. The van der Waals surface area contributed by atoms with E-state index in [0.717, 1.165) is 0 Å². The van der Waals surface area contributed by atoms with E-state index in [1.165, 1.54) is 0 Å². The Labute approximate surface area is 57.1 Å². The maximum atomic E-state index is 8.42. The number of nitrogens with zero attached hydrogens (tertiary/aromatic N) is 4. The SMILES string of the molecule is Nc1nnc(CCO)nn1. The molecule has 0 saturated heterocycles. The predicted octanol–water partition coefficient (Wildman–Crippen LogP) is -1.62. The lowest BCUT2D eigenvalue weighted by atomic mass is 10.4. The van der Waals surface area contributed by atoms with Gasteiger partial charge in [0.1, 0.15) is 0 Å². The number of aliphatic hydroxyl groups is 1. The summed E-state index contributed by atoms with van der Waals surface area (Å²) in [5.41, 5.74) is 5.11. The summed E-state index contributed by atoms with van der Waals surface area (Å²) in [4.78, 5) is 0. The molecule has 1 rings (SSSR count). The van der Waals surface area contributed by atoms with Gasteiger partial charge in [0.2, 0.25) is 0 Å². The number of rotatable bonds is 2. The molecular weight excluding hydrogens is 134 g/mol. The maximum absolute atomic E-state index is 8.42. The summed E-state index contributed by atoms with van der Waals surface area (Å²) >= 11 is 0. The van der Waals surface area contributed by atoms with Gasteiger partial charge in [0.05, 0.1) is 6.61 Å². The van der Waals surface area contributed by atoms with Crippen molar-refractivity contribution < 1.29 is 5.11 Å². The van der Waals surface area contributed by atoms with Gasteiger partial charge in [-0.15, -0.1) is 20.4 Å². The molecule has 0 atom stereocenters. The molecule has 1 aromatic rings. The molecule has 0 radical (unpaired) electrons. The Hall–Kier alpha value is -1.30. The highest BCUT2D eigenvalue weighted by Gasteiger charge is 1.95. The quantitative estimate of drug-likeness (QED) is 0.513. The molecule has 1 heterocycles. The second-order valence-electron chi connectivity index (χ2n) is 1.65. The van der Waals surface area contributed by atoms with E-state index < -0.39 is 0 Å². The van der Waals surface area contributed by atoms with Gasteiger partial charge in [-0.25, -0.2) is 0 Å². The Bertz CT molecular complexity index is 197.